The van der Waals surface area contributed by atoms with Gasteiger partial charge in [0.2, 0.25) is 5.91 Å². The fourth-order valence-electron chi connectivity index (χ4n) is 3.62. The Balaban J connectivity index is 1.59. The summed E-state index contributed by atoms with van der Waals surface area (Å²) in [6, 6.07) is 11.2. The number of nitrogens with zero attached hydrogens (tertiary/aromatic N) is 2. The third kappa shape index (κ3) is 4.31. The molecule has 29 heavy (non-hydrogen) atoms. The van der Waals surface area contributed by atoms with E-state index in [1.54, 1.807) is 16.7 Å². The molecule has 1 aliphatic carbocycles. The molecule has 1 aliphatic rings. The van der Waals surface area contributed by atoms with Crippen molar-refractivity contribution < 1.29 is 9.18 Å². The average molecular weight is 432 g/mol. The second-order valence-electron chi connectivity index (χ2n) is 6.99. The van der Waals surface area contributed by atoms with E-state index in [1.165, 1.54) is 23.9 Å². The monoisotopic (exact) mass is 431 g/mol. The van der Waals surface area contributed by atoms with Gasteiger partial charge in [-0.3, -0.25) is 14.2 Å². The first-order chi connectivity index (χ1) is 14.0. The number of fused-ring (bicyclic) bond motifs is 1. The number of carbonyl (C=O) groups is 1. The van der Waals surface area contributed by atoms with E-state index in [9.17, 15) is 14.0 Å². The van der Waals surface area contributed by atoms with E-state index >= 15 is 0 Å². The van der Waals surface area contributed by atoms with E-state index in [2.05, 4.69) is 10.3 Å². The molecule has 1 heterocycles. The Morgan fingerprint density at radius 2 is 2.00 bits per heavy atom. The summed E-state index contributed by atoms with van der Waals surface area (Å²) in [6.07, 6.45) is 4.03. The minimum absolute atomic E-state index is 0.0607. The van der Waals surface area contributed by atoms with Gasteiger partial charge in [-0.15, -0.1) is 0 Å². The molecule has 0 radical (unpaired) electrons. The third-order valence-electron chi connectivity index (χ3n) is 5.00. The van der Waals surface area contributed by atoms with Gasteiger partial charge < -0.3 is 5.32 Å². The maximum Gasteiger partial charge on any atom is 0.262 e. The molecule has 1 aromatic heterocycles. The van der Waals surface area contributed by atoms with E-state index in [0.29, 0.717) is 21.7 Å². The van der Waals surface area contributed by atoms with Gasteiger partial charge >= 0.3 is 0 Å². The predicted octanol–water partition coefficient (Wildman–Crippen LogP) is 5.03. The number of thioether (sulfide) groups is 1. The molecular formula is C21H19ClFN3O2S. The van der Waals surface area contributed by atoms with Gasteiger partial charge in [0.15, 0.2) is 5.16 Å². The smallest absolute Gasteiger partial charge is 0.262 e. The van der Waals surface area contributed by atoms with Crippen molar-refractivity contribution in [1.82, 2.24) is 9.55 Å². The van der Waals surface area contributed by atoms with Crippen molar-refractivity contribution in [2.24, 2.45) is 0 Å². The molecule has 0 spiro atoms. The Bertz CT molecular complexity index is 1130. The second-order valence-corrected chi connectivity index (χ2v) is 8.34. The van der Waals surface area contributed by atoms with Crippen LogP contribution < -0.4 is 10.9 Å². The Morgan fingerprint density at radius 1 is 1.24 bits per heavy atom. The van der Waals surface area contributed by atoms with Crippen LogP contribution >= 0.6 is 23.4 Å². The summed E-state index contributed by atoms with van der Waals surface area (Å²) in [6.45, 7) is 0. The standard InChI is InChI=1S/C21H19ClFN3O2S/c22-16-11-13(23)9-10-18(16)24-19(27)12-29-21-25-17-8-4-3-7-15(17)20(28)26(21)14-5-1-2-6-14/h3-4,7-11,14H,1-2,5-6,12H2,(H,24,27). The van der Waals surface area contributed by atoms with Crippen LogP contribution in [0.25, 0.3) is 10.9 Å². The zero-order valence-corrected chi connectivity index (χ0v) is 17.1. The number of benzene rings is 2. The van der Waals surface area contributed by atoms with Crippen molar-refractivity contribution in [3.05, 3.63) is 63.7 Å². The van der Waals surface area contributed by atoms with Crippen molar-refractivity contribution in [2.45, 2.75) is 36.9 Å². The van der Waals surface area contributed by atoms with Gasteiger partial charge in [-0.1, -0.05) is 48.3 Å². The molecule has 0 aliphatic heterocycles. The van der Waals surface area contributed by atoms with Crippen molar-refractivity contribution in [2.75, 3.05) is 11.1 Å². The minimum atomic E-state index is -0.469. The minimum Gasteiger partial charge on any atom is -0.324 e. The summed E-state index contributed by atoms with van der Waals surface area (Å²) >= 11 is 7.19. The fourth-order valence-corrected chi connectivity index (χ4v) is 4.70. The Labute approximate surface area is 176 Å². The SMILES string of the molecule is O=C(CSc1nc2ccccc2c(=O)n1C1CCCC1)Nc1ccc(F)cc1Cl. The molecule has 150 valence electrons. The molecule has 0 saturated heterocycles. The van der Waals surface area contributed by atoms with E-state index in [1.807, 2.05) is 12.1 Å². The van der Waals surface area contributed by atoms with Gasteiger partial charge in [0.25, 0.3) is 5.56 Å². The van der Waals surface area contributed by atoms with Gasteiger partial charge in [0, 0.05) is 6.04 Å². The van der Waals surface area contributed by atoms with Crippen molar-refractivity contribution >= 4 is 45.9 Å². The van der Waals surface area contributed by atoms with Crippen LogP contribution in [-0.2, 0) is 4.79 Å². The molecule has 1 fully saturated rings. The first-order valence-corrected chi connectivity index (χ1v) is 10.8. The highest BCUT2D eigenvalue weighted by molar-refractivity contribution is 7.99. The molecule has 0 unspecified atom stereocenters. The summed E-state index contributed by atoms with van der Waals surface area (Å²) in [5.74, 6) is -0.710. The number of nitrogens with one attached hydrogen (secondary N) is 1. The molecular weight excluding hydrogens is 413 g/mol. The lowest BCUT2D eigenvalue weighted by Gasteiger charge is -2.18. The Hall–Kier alpha value is -2.38. The maximum absolute atomic E-state index is 13.2. The number of hydrogen-bond donors (Lipinski definition) is 1. The number of carbonyl (C=O) groups excluding carboxylic acids is 1. The summed E-state index contributed by atoms with van der Waals surface area (Å²) in [5, 5.41) is 3.94. The van der Waals surface area contributed by atoms with Gasteiger partial charge in [0.1, 0.15) is 5.82 Å². The maximum atomic E-state index is 13.2. The second kappa shape index (κ2) is 8.55. The zero-order chi connectivity index (χ0) is 20.4. The lowest BCUT2D eigenvalue weighted by Crippen LogP contribution is -2.27. The summed E-state index contributed by atoms with van der Waals surface area (Å²) < 4.78 is 14.9. The highest BCUT2D eigenvalue weighted by Gasteiger charge is 2.23. The molecule has 1 saturated carbocycles. The molecule has 0 atom stereocenters. The summed E-state index contributed by atoms with van der Waals surface area (Å²) in [4.78, 5) is 30.2. The van der Waals surface area contributed by atoms with E-state index < -0.39 is 5.82 Å². The van der Waals surface area contributed by atoms with E-state index in [4.69, 9.17) is 11.6 Å². The highest BCUT2D eigenvalue weighted by atomic mass is 35.5. The molecule has 2 aromatic carbocycles. The quantitative estimate of drug-likeness (QED) is 0.454. The number of amides is 1. The highest BCUT2D eigenvalue weighted by Crippen LogP contribution is 2.32. The van der Waals surface area contributed by atoms with Crippen molar-refractivity contribution in [3.8, 4) is 0 Å². The molecule has 1 amide bonds. The summed E-state index contributed by atoms with van der Waals surface area (Å²) in [5.41, 5.74) is 0.904. The van der Waals surface area contributed by atoms with Gasteiger partial charge in [-0.05, 0) is 43.2 Å². The van der Waals surface area contributed by atoms with Crippen LogP contribution in [0.3, 0.4) is 0 Å². The Morgan fingerprint density at radius 3 is 2.76 bits per heavy atom. The lowest BCUT2D eigenvalue weighted by atomic mass is 10.2. The van der Waals surface area contributed by atoms with Crippen LogP contribution in [0.15, 0.2) is 52.4 Å². The normalized spacial score (nSPS) is 14.4. The van der Waals surface area contributed by atoms with Crippen LogP contribution in [0, 0.1) is 5.82 Å². The molecule has 4 rings (SSSR count). The van der Waals surface area contributed by atoms with Crippen LogP contribution in [0.4, 0.5) is 10.1 Å². The molecule has 5 nitrogen and oxygen atoms in total. The molecule has 8 heteroatoms. The Kier molecular flexibility index (Phi) is 5.87. The van der Waals surface area contributed by atoms with E-state index in [0.717, 1.165) is 31.7 Å². The fraction of sp³-hybridized carbons (Fsp3) is 0.286. The van der Waals surface area contributed by atoms with Gasteiger partial charge in [-0.25, -0.2) is 9.37 Å². The zero-order valence-electron chi connectivity index (χ0n) is 15.5. The number of anilines is 1. The van der Waals surface area contributed by atoms with Crippen LogP contribution in [0.5, 0.6) is 0 Å². The lowest BCUT2D eigenvalue weighted by molar-refractivity contribution is -0.113. The van der Waals surface area contributed by atoms with Crippen LogP contribution in [0.2, 0.25) is 5.02 Å². The third-order valence-corrected chi connectivity index (χ3v) is 6.27. The molecule has 3 aromatic rings. The molecule has 0 bridgehead atoms. The number of para-hydroxylation sites is 1. The average Bonchev–Trinajstić information content (AvgIpc) is 3.23. The largest absolute Gasteiger partial charge is 0.324 e. The number of halogens is 2. The number of rotatable bonds is 5. The number of aromatic nitrogens is 2. The van der Waals surface area contributed by atoms with Gasteiger partial charge in [-0.2, -0.15) is 0 Å². The van der Waals surface area contributed by atoms with Crippen molar-refractivity contribution in [3.63, 3.8) is 0 Å². The predicted molar refractivity (Wildman–Crippen MR) is 114 cm³/mol. The number of hydrogen-bond acceptors (Lipinski definition) is 4. The topological polar surface area (TPSA) is 64.0 Å². The summed E-state index contributed by atoms with van der Waals surface area (Å²) in [7, 11) is 0. The van der Waals surface area contributed by atoms with Crippen molar-refractivity contribution in [1.29, 1.82) is 0 Å². The molecule has 1 N–H and O–H groups in total. The van der Waals surface area contributed by atoms with Crippen LogP contribution in [-0.4, -0.2) is 21.2 Å². The van der Waals surface area contributed by atoms with E-state index in [-0.39, 0.29) is 28.3 Å². The first kappa shape index (κ1) is 19.9. The van der Waals surface area contributed by atoms with Crippen LogP contribution in [0.1, 0.15) is 31.7 Å². The van der Waals surface area contributed by atoms with Gasteiger partial charge in [0.05, 0.1) is 27.4 Å². The first-order valence-electron chi connectivity index (χ1n) is 9.42.